The van der Waals surface area contributed by atoms with Crippen LogP contribution in [0.2, 0.25) is 0 Å². The Morgan fingerprint density at radius 2 is 1.52 bits per heavy atom. The van der Waals surface area contributed by atoms with Gasteiger partial charge < -0.3 is 5.11 Å². The molecular formula is C18H28O3. The van der Waals surface area contributed by atoms with Crippen molar-refractivity contribution in [2.24, 2.45) is 0 Å². The number of hydrogen-bond donors (Lipinski definition) is 1. The first-order chi connectivity index (χ1) is 10.2. The van der Waals surface area contributed by atoms with Crippen LogP contribution in [0.25, 0.3) is 0 Å². The quantitative estimate of drug-likeness (QED) is 0.300. The number of carboxylic acids is 1. The second-order valence-corrected chi connectivity index (χ2v) is 5.11. The molecule has 0 atom stereocenters. The topological polar surface area (TPSA) is 54.4 Å². The number of carboxylic acid groups (broad SMARTS) is 1. The van der Waals surface area contributed by atoms with Gasteiger partial charge in [-0.3, -0.25) is 4.79 Å². The average molecular weight is 292 g/mol. The van der Waals surface area contributed by atoms with Gasteiger partial charge in [0.2, 0.25) is 0 Å². The fourth-order valence-electron chi connectivity index (χ4n) is 1.90. The molecule has 0 aliphatic carbocycles. The summed E-state index contributed by atoms with van der Waals surface area (Å²) in [5.41, 5.74) is 0. The molecule has 0 bridgehead atoms. The van der Waals surface area contributed by atoms with Crippen LogP contribution in [0.5, 0.6) is 0 Å². The van der Waals surface area contributed by atoms with Gasteiger partial charge in [0, 0.05) is 18.9 Å². The lowest BCUT2D eigenvalue weighted by Gasteiger charge is -2.00. The third kappa shape index (κ3) is 16.3. The number of rotatable bonds is 13. The van der Waals surface area contributed by atoms with Crippen LogP contribution in [0, 0.1) is 0 Å². The number of carbonyl (C=O) groups is 2. The Balaban J connectivity index is 3.43. The van der Waals surface area contributed by atoms with Gasteiger partial charge in [0.1, 0.15) is 5.78 Å². The van der Waals surface area contributed by atoms with Crippen molar-refractivity contribution in [2.75, 3.05) is 0 Å². The van der Waals surface area contributed by atoms with E-state index in [2.05, 4.69) is 13.0 Å². The van der Waals surface area contributed by atoms with Crippen LogP contribution in [0.4, 0.5) is 0 Å². The third-order valence-electron chi connectivity index (χ3n) is 3.09. The smallest absolute Gasteiger partial charge is 0.328 e. The molecule has 3 nitrogen and oxygen atoms in total. The SMILES string of the molecule is CCCCCC(=O)CCCCCC=CC=CC=CC(=O)O. The van der Waals surface area contributed by atoms with Crippen LogP contribution in [-0.4, -0.2) is 16.9 Å². The summed E-state index contributed by atoms with van der Waals surface area (Å²) in [4.78, 5) is 21.7. The first-order valence-corrected chi connectivity index (χ1v) is 7.91. The molecule has 1 N–H and O–H groups in total. The highest BCUT2D eigenvalue weighted by Gasteiger charge is 2.00. The van der Waals surface area contributed by atoms with Crippen molar-refractivity contribution < 1.29 is 14.7 Å². The molecule has 0 heterocycles. The molecular weight excluding hydrogens is 264 g/mol. The van der Waals surface area contributed by atoms with Gasteiger partial charge in [-0.25, -0.2) is 4.79 Å². The van der Waals surface area contributed by atoms with Gasteiger partial charge in [-0.15, -0.1) is 0 Å². The zero-order valence-electron chi connectivity index (χ0n) is 13.1. The maximum atomic E-state index is 11.5. The van der Waals surface area contributed by atoms with Crippen molar-refractivity contribution >= 4 is 11.8 Å². The molecule has 0 unspecified atom stereocenters. The fourth-order valence-corrected chi connectivity index (χ4v) is 1.90. The second-order valence-electron chi connectivity index (χ2n) is 5.11. The largest absolute Gasteiger partial charge is 0.478 e. The Morgan fingerprint density at radius 3 is 2.19 bits per heavy atom. The van der Waals surface area contributed by atoms with E-state index in [1.165, 1.54) is 12.5 Å². The summed E-state index contributed by atoms with van der Waals surface area (Å²) in [6.45, 7) is 2.15. The van der Waals surface area contributed by atoms with Crippen molar-refractivity contribution in [2.45, 2.75) is 64.7 Å². The Bertz CT molecular complexity index is 365. The molecule has 0 aliphatic rings. The maximum absolute atomic E-state index is 11.5. The van der Waals surface area contributed by atoms with E-state index in [9.17, 15) is 9.59 Å². The molecule has 0 spiro atoms. The molecule has 0 fully saturated rings. The van der Waals surface area contributed by atoms with Crippen LogP contribution >= 0.6 is 0 Å². The zero-order valence-corrected chi connectivity index (χ0v) is 13.1. The van der Waals surface area contributed by atoms with Crippen molar-refractivity contribution in [1.82, 2.24) is 0 Å². The number of aliphatic carboxylic acids is 1. The third-order valence-corrected chi connectivity index (χ3v) is 3.09. The van der Waals surface area contributed by atoms with Crippen molar-refractivity contribution in [3.8, 4) is 0 Å². The molecule has 0 aromatic heterocycles. The first kappa shape index (κ1) is 19.4. The predicted molar refractivity (Wildman–Crippen MR) is 87.3 cm³/mol. The Morgan fingerprint density at radius 1 is 0.857 bits per heavy atom. The molecule has 21 heavy (non-hydrogen) atoms. The fraction of sp³-hybridized carbons (Fsp3) is 0.556. The number of allylic oxidation sites excluding steroid dienone is 5. The lowest BCUT2D eigenvalue weighted by Crippen LogP contribution is -1.97. The average Bonchev–Trinajstić information content (AvgIpc) is 2.44. The Hall–Kier alpha value is -1.64. The van der Waals surface area contributed by atoms with Gasteiger partial charge in [0.25, 0.3) is 0 Å². The predicted octanol–water partition coefficient (Wildman–Crippen LogP) is 4.84. The van der Waals surface area contributed by atoms with Gasteiger partial charge in [-0.1, -0.05) is 56.6 Å². The summed E-state index contributed by atoms with van der Waals surface area (Å²) in [6, 6.07) is 0. The number of Topliss-reactive ketones (excluding diaryl/α,β-unsaturated/α-hetero) is 1. The van der Waals surface area contributed by atoms with Gasteiger partial charge in [0.05, 0.1) is 0 Å². The van der Waals surface area contributed by atoms with E-state index in [4.69, 9.17) is 5.11 Å². The molecule has 0 amide bonds. The highest BCUT2D eigenvalue weighted by atomic mass is 16.4. The lowest BCUT2D eigenvalue weighted by molar-refractivity contribution is -0.131. The number of hydrogen-bond acceptors (Lipinski definition) is 2. The standard InChI is InChI=1S/C18H28O3/c1-2-3-11-14-17(19)15-12-9-7-5-4-6-8-10-13-16-18(20)21/h4,6,8,10,13,16H,2-3,5,7,9,11-12,14-15H2,1H3,(H,20,21). The van der Waals surface area contributed by atoms with Gasteiger partial charge in [0.15, 0.2) is 0 Å². The Kier molecular flexibility index (Phi) is 13.6. The van der Waals surface area contributed by atoms with E-state index in [0.717, 1.165) is 57.4 Å². The Labute approximate surface area is 128 Å². The first-order valence-electron chi connectivity index (χ1n) is 7.91. The summed E-state index contributed by atoms with van der Waals surface area (Å²) in [7, 11) is 0. The minimum absolute atomic E-state index is 0.409. The van der Waals surface area contributed by atoms with E-state index in [-0.39, 0.29) is 0 Å². The van der Waals surface area contributed by atoms with Crippen molar-refractivity contribution in [3.63, 3.8) is 0 Å². The van der Waals surface area contributed by atoms with Gasteiger partial charge in [-0.2, -0.15) is 0 Å². The normalized spacial score (nSPS) is 11.9. The van der Waals surface area contributed by atoms with Crippen LogP contribution in [-0.2, 0) is 9.59 Å². The van der Waals surface area contributed by atoms with Crippen LogP contribution < -0.4 is 0 Å². The molecule has 0 saturated heterocycles. The molecule has 0 saturated carbocycles. The molecule has 0 rings (SSSR count). The summed E-state index contributed by atoms with van der Waals surface area (Å²) in [5, 5.41) is 8.37. The van der Waals surface area contributed by atoms with E-state index >= 15 is 0 Å². The summed E-state index contributed by atoms with van der Waals surface area (Å²) in [5.74, 6) is -0.528. The van der Waals surface area contributed by atoms with Crippen molar-refractivity contribution in [3.05, 3.63) is 36.5 Å². The van der Waals surface area contributed by atoms with Crippen LogP contribution in [0.3, 0.4) is 0 Å². The minimum Gasteiger partial charge on any atom is -0.478 e. The summed E-state index contributed by atoms with van der Waals surface area (Å²) in [6.07, 6.45) is 19.1. The molecule has 3 heteroatoms. The van der Waals surface area contributed by atoms with E-state index in [0.29, 0.717) is 5.78 Å². The van der Waals surface area contributed by atoms with E-state index < -0.39 is 5.97 Å². The van der Waals surface area contributed by atoms with Crippen molar-refractivity contribution in [1.29, 1.82) is 0 Å². The van der Waals surface area contributed by atoms with Crippen LogP contribution in [0.1, 0.15) is 64.7 Å². The van der Waals surface area contributed by atoms with E-state index in [1.807, 2.05) is 12.2 Å². The van der Waals surface area contributed by atoms with Gasteiger partial charge >= 0.3 is 5.97 Å². The second kappa shape index (κ2) is 14.8. The summed E-state index contributed by atoms with van der Waals surface area (Å²) >= 11 is 0. The molecule has 0 aromatic carbocycles. The zero-order chi connectivity index (χ0) is 15.8. The number of carbonyl (C=O) groups excluding carboxylic acids is 1. The monoisotopic (exact) mass is 292 g/mol. The van der Waals surface area contributed by atoms with E-state index in [1.54, 1.807) is 6.08 Å². The highest BCUT2D eigenvalue weighted by Crippen LogP contribution is 2.08. The van der Waals surface area contributed by atoms with Crippen LogP contribution in [0.15, 0.2) is 36.5 Å². The summed E-state index contributed by atoms with van der Waals surface area (Å²) < 4.78 is 0. The molecule has 118 valence electrons. The highest BCUT2D eigenvalue weighted by molar-refractivity contribution is 5.80. The minimum atomic E-state index is -0.937. The number of unbranched alkanes of at least 4 members (excludes halogenated alkanes) is 5. The maximum Gasteiger partial charge on any atom is 0.328 e. The van der Waals surface area contributed by atoms with Gasteiger partial charge in [-0.05, 0) is 25.7 Å². The molecule has 0 aliphatic heterocycles. The number of ketones is 1. The lowest BCUT2D eigenvalue weighted by atomic mass is 10.1. The molecule has 0 aromatic rings. The molecule has 0 radical (unpaired) electrons.